The molecule has 1 aliphatic heterocycles. The van der Waals surface area contributed by atoms with Crippen molar-refractivity contribution in [3.05, 3.63) is 23.7 Å². The van der Waals surface area contributed by atoms with Gasteiger partial charge in [0.2, 0.25) is 5.76 Å². The van der Waals surface area contributed by atoms with Crippen molar-refractivity contribution in [2.24, 2.45) is 5.92 Å². The van der Waals surface area contributed by atoms with Gasteiger partial charge in [0.05, 0.1) is 13.2 Å². The molecule has 2 heterocycles. The molecular formula is C15H23NO4. The van der Waals surface area contributed by atoms with Crippen LogP contribution in [0.25, 0.3) is 0 Å². The highest BCUT2D eigenvalue weighted by molar-refractivity contribution is 5.86. The van der Waals surface area contributed by atoms with Crippen molar-refractivity contribution in [2.45, 2.75) is 32.2 Å². The number of hydrogen-bond donors (Lipinski definition) is 1. The number of carbonyl (C=O) groups excluding carboxylic acids is 1. The van der Waals surface area contributed by atoms with Crippen molar-refractivity contribution in [2.75, 3.05) is 26.9 Å². The highest BCUT2D eigenvalue weighted by atomic mass is 16.5. The minimum absolute atomic E-state index is 0.136. The standard InChI is InChI=1S/C15H23NO4/c1-3-8-16-14(11-6-9-19-10-7-11)12-4-5-13(20-12)15(17)18-2/h4-5,11,14,16H,3,6-10H2,1-2H3. The number of methoxy groups -OCH3 is 1. The predicted molar refractivity (Wildman–Crippen MR) is 74.6 cm³/mol. The molecule has 0 aliphatic carbocycles. The van der Waals surface area contributed by atoms with E-state index < -0.39 is 5.97 Å². The van der Waals surface area contributed by atoms with Gasteiger partial charge in [-0.3, -0.25) is 0 Å². The van der Waals surface area contributed by atoms with Crippen LogP contribution in [0, 0.1) is 5.92 Å². The summed E-state index contributed by atoms with van der Waals surface area (Å²) in [5.74, 6) is 1.12. The number of ether oxygens (including phenoxy) is 2. The van der Waals surface area contributed by atoms with Crippen molar-refractivity contribution < 1.29 is 18.7 Å². The molecule has 0 saturated carbocycles. The quantitative estimate of drug-likeness (QED) is 0.812. The van der Waals surface area contributed by atoms with E-state index in [-0.39, 0.29) is 11.8 Å². The van der Waals surface area contributed by atoms with Crippen LogP contribution in [0.1, 0.15) is 48.5 Å². The summed E-state index contributed by atoms with van der Waals surface area (Å²) in [6.07, 6.45) is 3.08. The molecule has 20 heavy (non-hydrogen) atoms. The van der Waals surface area contributed by atoms with Gasteiger partial charge in [0.15, 0.2) is 0 Å². The van der Waals surface area contributed by atoms with Crippen LogP contribution in [0.3, 0.4) is 0 Å². The van der Waals surface area contributed by atoms with Gasteiger partial charge in [-0.1, -0.05) is 6.92 Å². The summed E-state index contributed by atoms with van der Waals surface area (Å²) in [6.45, 7) is 4.64. The van der Waals surface area contributed by atoms with Crippen LogP contribution in [0.4, 0.5) is 0 Å². The van der Waals surface area contributed by atoms with Crippen LogP contribution in [0.15, 0.2) is 16.5 Å². The smallest absolute Gasteiger partial charge is 0.373 e. The van der Waals surface area contributed by atoms with E-state index in [2.05, 4.69) is 17.0 Å². The van der Waals surface area contributed by atoms with E-state index >= 15 is 0 Å². The van der Waals surface area contributed by atoms with Gasteiger partial charge in [0.25, 0.3) is 0 Å². The Bertz CT molecular complexity index is 423. The third kappa shape index (κ3) is 3.61. The van der Waals surface area contributed by atoms with Gasteiger partial charge in [0, 0.05) is 13.2 Å². The van der Waals surface area contributed by atoms with E-state index in [0.717, 1.165) is 44.8 Å². The lowest BCUT2D eigenvalue weighted by molar-refractivity contribution is 0.0483. The second-order valence-corrected chi connectivity index (χ2v) is 5.08. The summed E-state index contributed by atoms with van der Waals surface area (Å²) in [5, 5.41) is 3.52. The molecule has 0 aromatic carbocycles. The fraction of sp³-hybridized carbons (Fsp3) is 0.667. The van der Waals surface area contributed by atoms with Crippen molar-refractivity contribution in [1.29, 1.82) is 0 Å². The molecule has 2 rings (SSSR count). The Morgan fingerprint density at radius 1 is 1.45 bits per heavy atom. The maximum atomic E-state index is 11.5. The van der Waals surface area contributed by atoms with E-state index in [4.69, 9.17) is 9.15 Å². The van der Waals surface area contributed by atoms with Crippen LogP contribution in [-0.4, -0.2) is 32.8 Å². The van der Waals surface area contributed by atoms with E-state index in [9.17, 15) is 4.79 Å². The van der Waals surface area contributed by atoms with Gasteiger partial charge in [-0.25, -0.2) is 4.79 Å². The molecule has 1 saturated heterocycles. The molecule has 1 aromatic rings. The van der Waals surface area contributed by atoms with Crippen molar-refractivity contribution >= 4 is 5.97 Å². The molecule has 0 amide bonds. The minimum Gasteiger partial charge on any atom is -0.463 e. The first-order chi connectivity index (χ1) is 9.76. The first kappa shape index (κ1) is 15.1. The summed E-state index contributed by atoms with van der Waals surface area (Å²) < 4.78 is 15.8. The van der Waals surface area contributed by atoms with Gasteiger partial charge >= 0.3 is 5.97 Å². The normalized spacial score (nSPS) is 17.9. The first-order valence-corrected chi connectivity index (χ1v) is 7.25. The predicted octanol–water partition coefficient (Wildman–Crippen LogP) is 2.53. The molecule has 5 heteroatoms. The number of hydrogen-bond acceptors (Lipinski definition) is 5. The number of esters is 1. The third-order valence-corrected chi connectivity index (χ3v) is 3.67. The lowest BCUT2D eigenvalue weighted by atomic mass is 9.90. The van der Waals surface area contributed by atoms with E-state index in [1.165, 1.54) is 7.11 Å². The lowest BCUT2D eigenvalue weighted by Gasteiger charge is -2.29. The molecule has 1 unspecified atom stereocenters. The van der Waals surface area contributed by atoms with Gasteiger partial charge < -0.3 is 19.2 Å². The molecule has 112 valence electrons. The number of rotatable bonds is 6. The molecule has 0 bridgehead atoms. The van der Waals surface area contributed by atoms with Crippen molar-refractivity contribution in [3.63, 3.8) is 0 Å². The van der Waals surface area contributed by atoms with Crippen LogP contribution in [-0.2, 0) is 9.47 Å². The maximum absolute atomic E-state index is 11.5. The molecule has 1 fully saturated rings. The van der Waals surface area contributed by atoms with Gasteiger partial charge in [0.1, 0.15) is 5.76 Å². The molecule has 1 aliphatic rings. The molecule has 5 nitrogen and oxygen atoms in total. The summed E-state index contributed by atoms with van der Waals surface area (Å²) in [5.41, 5.74) is 0. The molecule has 1 aromatic heterocycles. The van der Waals surface area contributed by atoms with Crippen molar-refractivity contribution in [1.82, 2.24) is 5.32 Å². The summed E-state index contributed by atoms with van der Waals surface area (Å²) in [7, 11) is 1.36. The monoisotopic (exact) mass is 281 g/mol. The van der Waals surface area contributed by atoms with Crippen LogP contribution in [0.2, 0.25) is 0 Å². The van der Waals surface area contributed by atoms with E-state index in [0.29, 0.717) is 5.92 Å². The second-order valence-electron chi connectivity index (χ2n) is 5.08. The zero-order valence-corrected chi connectivity index (χ0v) is 12.2. The third-order valence-electron chi connectivity index (χ3n) is 3.67. The molecule has 0 spiro atoms. The average Bonchev–Trinajstić information content (AvgIpc) is 2.98. The minimum atomic E-state index is -0.433. The SMILES string of the molecule is CCCNC(c1ccc(C(=O)OC)o1)C1CCOCC1. The molecular weight excluding hydrogens is 258 g/mol. The Labute approximate surface area is 119 Å². The Kier molecular flexibility index (Phi) is 5.61. The van der Waals surface area contributed by atoms with E-state index in [1.807, 2.05) is 6.07 Å². The van der Waals surface area contributed by atoms with Gasteiger partial charge in [-0.2, -0.15) is 0 Å². The fourth-order valence-corrected chi connectivity index (χ4v) is 2.58. The number of nitrogens with one attached hydrogen (secondary N) is 1. The zero-order valence-electron chi connectivity index (χ0n) is 12.2. The topological polar surface area (TPSA) is 60.7 Å². The average molecular weight is 281 g/mol. The molecule has 1 N–H and O–H groups in total. The van der Waals surface area contributed by atoms with Crippen LogP contribution in [0.5, 0.6) is 0 Å². The van der Waals surface area contributed by atoms with E-state index in [1.54, 1.807) is 6.07 Å². The summed E-state index contributed by atoms with van der Waals surface area (Å²) in [6, 6.07) is 3.69. The highest BCUT2D eigenvalue weighted by Crippen LogP contribution is 2.31. The largest absolute Gasteiger partial charge is 0.463 e. The Morgan fingerprint density at radius 3 is 2.85 bits per heavy atom. The first-order valence-electron chi connectivity index (χ1n) is 7.25. The zero-order chi connectivity index (χ0) is 14.4. The summed E-state index contributed by atoms with van der Waals surface area (Å²) in [4.78, 5) is 11.5. The number of carbonyl (C=O) groups is 1. The number of furan rings is 1. The fourth-order valence-electron chi connectivity index (χ4n) is 2.58. The second kappa shape index (κ2) is 7.45. The van der Waals surface area contributed by atoms with Gasteiger partial charge in [-0.15, -0.1) is 0 Å². The van der Waals surface area contributed by atoms with Gasteiger partial charge in [-0.05, 0) is 43.9 Å². The Hall–Kier alpha value is -1.33. The Morgan fingerprint density at radius 2 is 2.20 bits per heavy atom. The van der Waals surface area contributed by atoms with Crippen LogP contribution < -0.4 is 5.32 Å². The summed E-state index contributed by atoms with van der Waals surface area (Å²) >= 11 is 0. The molecule has 0 radical (unpaired) electrons. The molecule has 1 atom stereocenters. The highest BCUT2D eigenvalue weighted by Gasteiger charge is 2.28. The maximum Gasteiger partial charge on any atom is 0.373 e. The van der Waals surface area contributed by atoms with Crippen molar-refractivity contribution in [3.8, 4) is 0 Å². The Balaban J connectivity index is 2.12. The lowest BCUT2D eigenvalue weighted by Crippen LogP contribution is -2.32. The van der Waals surface area contributed by atoms with Crippen LogP contribution >= 0.6 is 0 Å².